The highest BCUT2D eigenvalue weighted by Crippen LogP contribution is 2.29. The van der Waals surface area contributed by atoms with Crippen LogP contribution in [0.15, 0.2) is 57.8 Å². The Kier molecular flexibility index (Phi) is 9.54. The van der Waals surface area contributed by atoms with Gasteiger partial charge in [-0.15, -0.1) is 0 Å². The molecule has 1 aromatic heterocycles. The van der Waals surface area contributed by atoms with Crippen molar-refractivity contribution in [2.24, 2.45) is 0 Å². The summed E-state index contributed by atoms with van der Waals surface area (Å²) in [4.78, 5) is 36.2. The van der Waals surface area contributed by atoms with Crippen LogP contribution in [0, 0.1) is 0 Å². The van der Waals surface area contributed by atoms with Gasteiger partial charge >= 0.3 is 0 Å². The van der Waals surface area contributed by atoms with Crippen molar-refractivity contribution >= 4 is 32.7 Å². The second-order valence-corrected chi connectivity index (χ2v) is 11.0. The molecule has 3 aromatic rings. The zero-order chi connectivity index (χ0) is 26.4. The Hall–Kier alpha value is -2.51. The number of aromatic nitrogens is 2. The molecule has 4 rings (SSSR count). The monoisotopic (exact) mass is 566 g/mol. The summed E-state index contributed by atoms with van der Waals surface area (Å²) in [6.07, 6.45) is 7.24. The van der Waals surface area contributed by atoms with Crippen molar-refractivity contribution in [1.29, 1.82) is 0 Å². The van der Waals surface area contributed by atoms with E-state index < -0.39 is 0 Å². The molecule has 6 nitrogen and oxygen atoms in total. The van der Waals surface area contributed by atoms with Crippen molar-refractivity contribution in [3.05, 3.63) is 69.2 Å². The summed E-state index contributed by atoms with van der Waals surface area (Å²) in [7, 11) is 0. The van der Waals surface area contributed by atoms with Crippen molar-refractivity contribution in [2.45, 2.75) is 77.8 Å². The summed E-state index contributed by atoms with van der Waals surface area (Å²) in [6, 6.07) is 15.5. The van der Waals surface area contributed by atoms with Gasteiger partial charge in [0.1, 0.15) is 5.82 Å². The third-order valence-corrected chi connectivity index (χ3v) is 8.01. The van der Waals surface area contributed by atoms with E-state index >= 15 is 0 Å². The fraction of sp³-hybridized carbons (Fsp3) is 0.500. The number of carbonyl (C=O) groups excluding carboxylic acids is 1. The SMILES string of the molecule is CCCCCCCC(=O)N1CCN(C(CC)c2nc3ccccc3c(=O)n2-c2ccc(Br)cc2)CC1C. The predicted octanol–water partition coefficient (Wildman–Crippen LogP) is 6.49. The number of benzene rings is 2. The van der Waals surface area contributed by atoms with Crippen LogP contribution in [0.3, 0.4) is 0 Å². The molecule has 0 radical (unpaired) electrons. The molecule has 0 bridgehead atoms. The van der Waals surface area contributed by atoms with Crippen LogP contribution in [0.25, 0.3) is 16.6 Å². The highest BCUT2D eigenvalue weighted by atomic mass is 79.9. The molecule has 7 heteroatoms. The maximum absolute atomic E-state index is 13.7. The van der Waals surface area contributed by atoms with Crippen molar-refractivity contribution < 1.29 is 4.79 Å². The van der Waals surface area contributed by atoms with Crippen LogP contribution in [-0.2, 0) is 4.79 Å². The van der Waals surface area contributed by atoms with Gasteiger partial charge in [0.15, 0.2) is 0 Å². The number of para-hydroxylation sites is 1. The van der Waals surface area contributed by atoms with Crippen LogP contribution in [0.2, 0.25) is 0 Å². The molecular weight excluding hydrogens is 528 g/mol. The van der Waals surface area contributed by atoms with Gasteiger partial charge in [0.2, 0.25) is 5.91 Å². The topological polar surface area (TPSA) is 58.4 Å². The molecule has 2 unspecified atom stereocenters. The van der Waals surface area contributed by atoms with E-state index in [0.29, 0.717) is 18.4 Å². The van der Waals surface area contributed by atoms with Crippen LogP contribution in [0.1, 0.15) is 77.6 Å². The minimum absolute atomic E-state index is 0.0327. The molecular formula is C30H39BrN4O2. The van der Waals surface area contributed by atoms with Gasteiger partial charge in [-0.05, 0) is 56.2 Å². The standard InChI is InChI=1S/C30H39BrN4O2/c1-4-6-7-8-9-14-28(36)34-20-19-33(21-22(34)3)27(5-2)29-32-26-13-11-10-12-25(26)30(37)35(29)24-17-15-23(31)16-18-24/h10-13,15-18,22,27H,4-9,14,19-21H2,1-3H3. The van der Waals surface area contributed by atoms with Crippen molar-refractivity contribution in [2.75, 3.05) is 19.6 Å². The first-order valence-corrected chi connectivity index (χ1v) is 14.5. The van der Waals surface area contributed by atoms with Gasteiger partial charge in [-0.2, -0.15) is 0 Å². The quantitative estimate of drug-likeness (QED) is 0.263. The molecule has 1 saturated heterocycles. The molecule has 198 valence electrons. The lowest BCUT2D eigenvalue weighted by Gasteiger charge is -2.43. The maximum atomic E-state index is 13.7. The van der Waals surface area contributed by atoms with E-state index in [9.17, 15) is 9.59 Å². The average molecular weight is 568 g/mol. The van der Waals surface area contributed by atoms with Crippen molar-refractivity contribution in [3.8, 4) is 5.69 Å². The predicted molar refractivity (Wildman–Crippen MR) is 154 cm³/mol. The molecule has 0 aliphatic carbocycles. The third kappa shape index (κ3) is 6.32. The lowest BCUT2D eigenvalue weighted by atomic mass is 10.1. The van der Waals surface area contributed by atoms with Gasteiger partial charge in [0.25, 0.3) is 5.56 Å². The Bertz CT molecular complexity index is 1260. The van der Waals surface area contributed by atoms with Gasteiger partial charge in [0, 0.05) is 36.6 Å². The smallest absolute Gasteiger partial charge is 0.266 e. The molecule has 0 N–H and O–H groups in total. The Morgan fingerprint density at radius 2 is 1.76 bits per heavy atom. The van der Waals surface area contributed by atoms with E-state index in [1.54, 1.807) is 4.57 Å². The number of rotatable bonds is 10. The summed E-state index contributed by atoms with van der Waals surface area (Å²) in [5.41, 5.74) is 1.48. The zero-order valence-electron chi connectivity index (χ0n) is 22.3. The Labute approximate surface area is 228 Å². The lowest BCUT2D eigenvalue weighted by Crippen LogP contribution is -2.55. The van der Waals surface area contributed by atoms with Gasteiger partial charge in [0.05, 0.1) is 22.6 Å². The Balaban J connectivity index is 1.59. The number of amides is 1. The largest absolute Gasteiger partial charge is 0.337 e. The summed E-state index contributed by atoms with van der Waals surface area (Å²) in [5, 5.41) is 0.617. The first-order valence-electron chi connectivity index (χ1n) is 13.8. The summed E-state index contributed by atoms with van der Waals surface area (Å²) in [5.74, 6) is 1.03. The first kappa shape index (κ1) is 27.5. The van der Waals surface area contributed by atoms with Crippen LogP contribution < -0.4 is 5.56 Å². The van der Waals surface area contributed by atoms with E-state index in [2.05, 4.69) is 46.5 Å². The minimum atomic E-state index is -0.0497. The van der Waals surface area contributed by atoms with E-state index in [0.717, 1.165) is 53.9 Å². The first-order chi connectivity index (χ1) is 17.9. The highest BCUT2D eigenvalue weighted by Gasteiger charge is 2.33. The Morgan fingerprint density at radius 1 is 1.03 bits per heavy atom. The zero-order valence-corrected chi connectivity index (χ0v) is 23.9. The molecule has 2 aromatic carbocycles. The maximum Gasteiger partial charge on any atom is 0.266 e. The summed E-state index contributed by atoms with van der Waals surface area (Å²) >= 11 is 3.51. The fourth-order valence-corrected chi connectivity index (χ4v) is 5.74. The van der Waals surface area contributed by atoms with E-state index in [1.807, 2.05) is 48.5 Å². The van der Waals surface area contributed by atoms with Crippen LogP contribution >= 0.6 is 15.9 Å². The molecule has 0 saturated carbocycles. The van der Waals surface area contributed by atoms with Crippen molar-refractivity contribution in [1.82, 2.24) is 19.4 Å². The van der Waals surface area contributed by atoms with Gasteiger partial charge in [-0.3, -0.25) is 19.1 Å². The number of carbonyl (C=O) groups is 1. The molecule has 2 atom stereocenters. The van der Waals surface area contributed by atoms with E-state index in [-0.39, 0.29) is 23.6 Å². The lowest BCUT2D eigenvalue weighted by molar-refractivity contribution is -0.136. The minimum Gasteiger partial charge on any atom is -0.337 e. The van der Waals surface area contributed by atoms with Crippen LogP contribution in [0.5, 0.6) is 0 Å². The van der Waals surface area contributed by atoms with Gasteiger partial charge in [-0.1, -0.05) is 67.6 Å². The van der Waals surface area contributed by atoms with E-state index in [4.69, 9.17) is 4.98 Å². The highest BCUT2D eigenvalue weighted by molar-refractivity contribution is 9.10. The number of piperazine rings is 1. The molecule has 1 fully saturated rings. The number of fused-ring (bicyclic) bond motifs is 1. The van der Waals surface area contributed by atoms with Gasteiger partial charge < -0.3 is 4.90 Å². The van der Waals surface area contributed by atoms with Gasteiger partial charge in [-0.25, -0.2) is 4.98 Å². The molecule has 2 heterocycles. The van der Waals surface area contributed by atoms with E-state index in [1.165, 1.54) is 19.3 Å². The third-order valence-electron chi connectivity index (χ3n) is 7.49. The summed E-state index contributed by atoms with van der Waals surface area (Å²) < 4.78 is 2.74. The number of hydrogen-bond donors (Lipinski definition) is 0. The molecule has 1 aliphatic heterocycles. The second-order valence-electron chi connectivity index (χ2n) is 10.1. The number of unbranched alkanes of at least 4 members (excludes halogenated alkanes) is 4. The number of hydrogen-bond acceptors (Lipinski definition) is 4. The second kappa shape index (κ2) is 12.8. The normalized spacial score (nSPS) is 17.3. The summed E-state index contributed by atoms with van der Waals surface area (Å²) in [6.45, 7) is 8.75. The molecule has 0 spiro atoms. The molecule has 1 aliphatic rings. The number of halogens is 1. The number of nitrogens with zero attached hydrogens (tertiary/aromatic N) is 4. The average Bonchev–Trinajstić information content (AvgIpc) is 2.90. The van der Waals surface area contributed by atoms with Crippen LogP contribution in [-0.4, -0.2) is 50.9 Å². The van der Waals surface area contributed by atoms with Crippen LogP contribution in [0.4, 0.5) is 0 Å². The molecule has 37 heavy (non-hydrogen) atoms. The molecule has 1 amide bonds. The fourth-order valence-electron chi connectivity index (χ4n) is 5.48. The Morgan fingerprint density at radius 3 is 2.46 bits per heavy atom. The van der Waals surface area contributed by atoms with Crippen molar-refractivity contribution in [3.63, 3.8) is 0 Å².